The number of halogens is 2. The molecule has 66 valence electrons. The predicted octanol–water partition coefficient (Wildman–Crippen LogP) is 0.609. The molecule has 12 heavy (non-hydrogen) atoms. The van der Waals surface area contributed by atoms with Gasteiger partial charge in [-0.05, 0) is 31.9 Å². The zero-order chi connectivity index (χ0) is 9.46. The van der Waals surface area contributed by atoms with Crippen molar-refractivity contribution in [2.45, 2.75) is 0 Å². The maximum Gasteiger partial charge on any atom is 0.280 e. The summed E-state index contributed by atoms with van der Waals surface area (Å²) >= 11 is 6.04. The maximum atomic E-state index is 11.3. The number of nitrogens with zero attached hydrogens (tertiary/aromatic N) is 2. The van der Waals surface area contributed by atoms with E-state index in [1.807, 2.05) is 0 Å². The van der Waals surface area contributed by atoms with E-state index in [2.05, 4.69) is 31.9 Å². The molecule has 1 rings (SSSR count). The van der Waals surface area contributed by atoms with E-state index in [0.717, 1.165) is 0 Å². The van der Waals surface area contributed by atoms with Crippen LogP contribution in [0.15, 0.2) is 18.5 Å². The Morgan fingerprint density at radius 2 is 1.17 bits per heavy atom. The Balaban J connectivity index is 3.86. The van der Waals surface area contributed by atoms with Gasteiger partial charge in [0.25, 0.3) is 11.1 Å². The summed E-state index contributed by atoms with van der Waals surface area (Å²) in [6, 6.07) is 0. The van der Waals surface area contributed by atoms with Crippen molar-refractivity contribution in [3.8, 4) is 0 Å². The fourth-order valence-corrected chi connectivity index (χ4v) is 1.60. The van der Waals surface area contributed by atoms with Gasteiger partial charge in [-0.1, -0.05) is 0 Å². The molecule has 0 saturated carbocycles. The lowest BCUT2D eigenvalue weighted by atomic mass is 10.5. The predicted molar refractivity (Wildman–Crippen MR) is 52.3 cm³/mol. The van der Waals surface area contributed by atoms with Gasteiger partial charge in [-0.25, -0.2) is 0 Å². The Hall–Kier alpha value is -0.360. The van der Waals surface area contributed by atoms with Gasteiger partial charge in [-0.2, -0.15) is 0 Å². The Morgan fingerprint density at radius 1 is 0.917 bits per heavy atom. The highest BCUT2D eigenvalue weighted by Crippen LogP contribution is 2.12. The third kappa shape index (κ3) is 1.29. The summed E-state index contributed by atoms with van der Waals surface area (Å²) in [7, 11) is 3.06. The molecular formula is C6H6Br2N2O2. The average molecular weight is 298 g/mol. The van der Waals surface area contributed by atoms with Gasteiger partial charge in [0.1, 0.15) is 8.95 Å². The van der Waals surface area contributed by atoms with Crippen LogP contribution in [0.4, 0.5) is 0 Å². The smallest absolute Gasteiger partial charge is 0.267 e. The van der Waals surface area contributed by atoms with Gasteiger partial charge in [0.15, 0.2) is 0 Å². The molecule has 1 aromatic rings. The molecule has 0 fully saturated rings. The summed E-state index contributed by atoms with van der Waals surface area (Å²) in [5.74, 6) is 0. The first-order valence-electron chi connectivity index (χ1n) is 3.08. The molecule has 4 nitrogen and oxygen atoms in total. The second-order valence-corrected chi connectivity index (χ2v) is 3.87. The van der Waals surface area contributed by atoms with Crippen LogP contribution in [0, 0.1) is 0 Å². The third-order valence-corrected chi connectivity index (χ3v) is 3.61. The standard InChI is InChI=1S/C6H6Br2N2O2/c1-9-5(11)3(7)4(8)6(12)10(9)2/h1-2H3. The van der Waals surface area contributed by atoms with Crippen molar-refractivity contribution in [2.24, 2.45) is 14.1 Å². The van der Waals surface area contributed by atoms with Gasteiger partial charge in [-0.15, -0.1) is 0 Å². The van der Waals surface area contributed by atoms with Gasteiger partial charge in [0.2, 0.25) is 0 Å². The quantitative estimate of drug-likeness (QED) is 0.704. The van der Waals surface area contributed by atoms with Crippen molar-refractivity contribution in [3.05, 3.63) is 29.7 Å². The average Bonchev–Trinajstić information content (AvgIpc) is 2.08. The largest absolute Gasteiger partial charge is 0.280 e. The number of rotatable bonds is 0. The lowest BCUT2D eigenvalue weighted by Crippen LogP contribution is -2.35. The van der Waals surface area contributed by atoms with Gasteiger partial charge >= 0.3 is 0 Å². The molecule has 0 aliphatic rings. The van der Waals surface area contributed by atoms with E-state index in [0.29, 0.717) is 0 Å². The van der Waals surface area contributed by atoms with Gasteiger partial charge < -0.3 is 0 Å². The number of aromatic nitrogens is 2. The SMILES string of the molecule is Cn1c(=O)c(Br)c(Br)c(=O)n1C. The van der Waals surface area contributed by atoms with E-state index in [1.54, 1.807) is 0 Å². The molecule has 0 aromatic carbocycles. The van der Waals surface area contributed by atoms with Crippen molar-refractivity contribution in [2.75, 3.05) is 0 Å². The van der Waals surface area contributed by atoms with Crippen LogP contribution in [-0.4, -0.2) is 9.36 Å². The summed E-state index contributed by atoms with van der Waals surface area (Å²) in [5.41, 5.74) is -0.493. The van der Waals surface area contributed by atoms with Crippen LogP contribution in [0.25, 0.3) is 0 Å². The molecule has 0 amide bonds. The highest BCUT2D eigenvalue weighted by Gasteiger charge is 2.10. The summed E-state index contributed by atoms with van der Waals surface area (Å²) < 4.78 is 2.98. The Bertz CT molecular complexity index is 356. The van der Waals surface area contributed by atoms with E-state index in [4.69, 9.17) is 0 Å². The molecule has 1 heterocycles. The normalized spacial score (nSPS) is 10.3. The van der Waals surface area contributed by atoms with Crippen molar-refractivity contribution >= 4 is 31.9 Å². The van der Waals surface area contributed by atoms with Gasteiger partial charge in [-0.3, -0.25) is 19.0 Å². The fourth-order valence-electron chi connectivity index (χ4n) is 0.744. The van der Waals surface area contributed by atoms with Crippen LogP contribution in [0.3, 0.4) is 0 Å². The first-order chi connectivity index (χ1) is 5.46. The molecule has 0 aliphatic carbocycles. The molecule has 0 N–H and O–H groups in total. The maximum absolute atomic E-state index is 11.3. The van der Waals surface area contributed by atoms with Crippen LogP contribution in [0.1, 0.15) is 0 Å². The minimum Gasteiger partial charge on any atom is -0.267 e. The number of hydrogen-bond donors (Lipinski definition) is 0. The minimum atomic E-state index is -0.246. The molecule has 0 aliphatic heterocycles. The minimum absolute atomic E-state index is 0.246. The van der Waals surface area contributed by atoms with Crippen molar-refractivity contribution in [3.63, 3.8) is 0 Å². The van der Waals surface area contributed by atoms with E-state index in [9.17, 15) is 9.59 Å². The van der Waals surface area contributed by atoms with E-state index in [-0.39, 0.29) is 20.1 Å². The molecule has 0 unspecified atom stereocenters. The summed E-state index contributed by atoms with van der Waals surface area (Å²) in [6.45, 7) is 0. The molecule has 6 heteroatoms. The van der Waals surface area contributed by atoms with Gasteiger partial charge in [0, 0.05) is 14.1 Å². The lowest BCUT2D eigenvalue weighted by Gasteiger charge is -2.06. The lowest BCUT2D eigenvalue weighted by molar-refractivity contribution is 0.528. The Labute approximate surface area is 85.0 Å². The van der Waals surface area contributed by atoms with Crippen LogP contribution in [0.2, 0.25) is 0 Å². The van der Waals surface area contributed by atoms with Crippen molar-refractivity contribution in [1.82, 2.24) is 9.36 Å². The number of hydrogen-bond acceptors (Lipinski definition) is 2. The second-order valence-electron chi connectivity index (χ2n) is 2.29. The fraction of sp³-hybridized carbons (Fsp3) is 0.333. The third-order valence-electron chi connectivity index (χ3n) is 1.61. The molecule has 0 radical (unpaired) electrons. The zero-order valence-electron chi connectivity index (χ0n) is 6.47. The molecule has 0 saturated heterocycles. The Morgan fingerprint density at radius 3 is 1.42 bits per heavy atom. The van der Waals surface area contributed by atoms with Crippen molar-refractivity contribution < 1.29 is 0 Å². The van der Waals surface area contributed by atoms with Crippen molar-refractivity contribution in [1.29, 1.82) is 0 Å². The molecule has 0 spiro atoms. The second kappa shape index (κ2) is 3.18. The monoisotopic (exact) mass is 296 g/mol. The van der Waals surface area contributed by atoms with Crippen LogP contribution in [-0.2, 0) is 14.1 Å². The topological polar surface area (TPSA) is 44.0 Å². The molecule has 0 atom stereocenters. The van der Waals surface area contributed by atoms with Crippen LogP contribution >= 0.6 is 31.9 Å². The molecule has 0 bridgehead atoms. The zero-order valence-corrected chi connectivity index (χ0v) is 9.64. The molecular weight excluding hydrogens is 292 g/mol. The van der Waals surface area contributed by atoms with Crippen LogP contribution < -0.4 is 11.1 Å². The Kier molecular flexibility index (Phi) is 2.58. The summed E-state index contributed by atoms with van der Waals surface area (Å²) in [6.07, 6.45) is 0. The first kappa shape index (κ1) is 9.73. The van der Waals surface area contributed by atoms with Gasteiger partial charge in [0.05, 0.1) is 0 Å². The van der Waals surface area contributed by atoms with E-state index < -0.39 is 0 Å². The summed E-state index contributed by atoms with van der Waals surface area (Å²) in [4.78, 5) is 22.6. The highest BCUT2D eigenvalue weighted by atomic mass is 79.9. The van der Waals surface area contributed by atoms with E-state index >= 15 is 0 Å². The van der Waals surface area contributed by atoms with Crippen LogP contribution in [0.5, 0.6) is 0 Å². The highest BCUT2D eigenvalue weighted by molar-refractivity contribution is 9.13. The first-order valence-corrected chi connectivity index (χ1v) is 4.66. The summed E-state index contributed by atoms with van der Waals surface area (Å²) in [5, 5.41) is 0. The van der Waals surface area contributed by atoms with E-state index in [1.165, 1.54) is 23.5 Å². The molecule has 1 aromatic heterocycles.